The van der Waals surface area contributed by atoms with E-state index in [2.05, 4.69) is 4.98 Å². The lowest BCUT2D eigenvalue weighted by atomic mass is 10.4. The Morgan fingerprint density at radius 2 is 2.24 bits per heavy atom. The number of carbonyl (C=O) groups is 1. The molecule has 6 heteroatoms. The van der Waals surface area contributed by atoms with Crippen LogP contribution in [0.5, 0.6) is 0 Å². The molecule has 0 aromatic carbocycles. The molecule has 92 valence electrons. The molecule has 1 N–H and O–H groups in total. The number of H-pyrrole nitrogens is 1. The van der Waals surface area contributed by atoms with Gasteiger partial charge in [-0.05, 0) is 19.8 Å². The molecule has 1 aliphatic rings. The van der Waals surface area contributed by atoms with Crippen LogP contribution < -0.4 is 11.2 Å². The molecule has 0 unspecified atom stereocenters. The normalized spacial score (nSPS) is 14.6. The Morgan fingerprint density at radius 1 is 1.53 bits per heavy atom. The molecule has 0 spiro atoms. The lowest BCUT2D eigenvalue weighted by Crippen LogP contribution is -2.42. The lowest BCUT2D eigenvalue weighted by molar-refractivity contribution is -0.132. The van der Waals surface area contributed by atoms with E-state index in [9.17, 15) is 14.4 Å². The summed E-state index contributed by atoms with van der Waals surface area (Å²) in [4.78, 5) is 38.9. The van der Waals surface area contributed by atoms with Crippen LogP contribution in [0, 0.1) is 0 Å². The fraction of sp³-hybridized carbons (Fsp3) is 0.545. The minimum Gasteiger partial charge on any atom is -0.338 e. The number of aromatic nitrogens is 2. The number of likely N-dealkylation sites (N-methyl/N-ethyl adjacent to an activating group) is 1. The average molecular weight is 237 g/mol. The number of rotatable bonds is 4. The quantitative estimate of drug-likeness (QED) is 0.770. The molecule has 0 radical (unpaired) electrons. The third kappa shape index (κ3) is 2.46. The van der Waals surface area contributed by atoms with Crippen LogP contribution >= 0.6 is 0 Å². The van der Waals surface area contributed by atoms with Crippen molar-refractivity contribution in [2.75, 3.05) is 6.54 Å². The number of carbonyl (C=O) groups excluding carboxylic acids is 1. The Labute approximate surface area is 97.9 Å². The van der Waals surface area contributed by atoms with E-state index in [0.717, 1.165) is 17.4 Å². The summed E-state index contributed by atoms with van der Waals surface area (Å²) in [5.41, 5.74) is -0.994. The first-order valence-corrected chi connectivity index (χ1v) is 5.71. The molecule has 1 aromatic heterocycles. The summed E-state index contributed by atoms with van der Waals surface area (Å²) >= 11 is 0. The Hall–Kier alpha value is -1.85. The molecule has 6 nitrogen and oxygen atoms in total. The molecule has 1 aliphatic carbocycles. The second kappa shape index (κ2) is 4.57. The summed E-state index contributed by atoms with van der Waals surface area (Å²) in [5, 5.41) is 0. The molecular formula is C11H15N3O3. The Kier molecular flexibility index (Phi) is 3.12. The number of nitrogens with one attached hydrogen (secondary N) is 1. The molecule has 1 saturated carbocycles. The Morgan fingerprint density at radius 3 is 2.76 bits per heavy atom. The smallest absolute Gasteiger partial charge is 0.328 e. The molecule has 0 saturated heterocycles. The summed E-state index contributed by atoms with van der Waals surface area (Å²) < 4.78 is 0.924. The standard InChI is InChI=1S/C11H15N3O3/c1-2-13(8-3-4-8)10(16)7-14-9(15)5-6-12-11(14)17/h5-6,8H,2-4,7H2,1H3,(H,12,17). The summed E-state index contributed by atoms with van der Waals surface area (Å²) in [7, 11) is 0. The van der Waals surface area contributed by atoms with Gasteiger partial charge in [0.25, 0.3) is 5.56 Å². The topological polar surface area (TPSA) is 75.2 Å². The zero-order valence-corrected chi connectivity index (χ0v) is 9.68. The Balaban J connectivity index is 2.17. The minimum atomic E-state index is -0.544. The van der Waals surface area contributed by atoms with E-state index in [4.69, 9.17) is 0 Å². The van der Waals surface area contributed by atoms with Gasteiger partial charge in [-0.2, -0.15) is 0 Å². The monoisotopic (exact) mass is 237 g/mol. The first-order chi connectivity index (χ1) is 8.13. The maximum atomic E-state index is 11.9. The van der Waals surface area contributed by atoms with Crippen LogP contribution in [0.1, 0.15) is 19.8 Å². The predicted molar refractivity (Wildman–Crippen MR) is 61.7 cm³/mol. The van der Waals surface area contributed by atoms with Gasteiger partial charge in [0.15, 0.2) is 0 Å². The average Bonchev–Trinajstić information content (AvgIpc) is 3.09. The molecule has 0 atom stereocenters. The Bertz CT molecular complexity index is 499. The zero-order valence-electron chi connectivity index (χ0n) is 9.68. The van der Waals surface area contributed by atoms with Gasteiger partial charge in [-0.3, -0.25) is 14.2 Å². The third-order valence-corrected chi connectivity index (χ3v) is 2.89. The number of hydrogen-bond donors (Lipinski definition) is 1. The molecule has 17 heavy (non-hydrogen) atoms. The number of hydrogen-bond acceptors (Lipinski definition) is 3. The van der Waals surface area contributed by atoms with Crippen LogP contribution in [0.4, 0.5) is 0 Å². The van der Waals surface area contributed by atoms with Crippen molar-refractivity contribution in [1.29, 1.82) is 0 Å². The SMILES string of the molecule is CCN(C(=O)Cn1c(=O)cc[nH]c1=O)C1CC1. The van der Waals surface area contributed by atoms with E-state index >= 15 is 0 Å². The highest BCUT2D eigenvalue weighted by Gasteiger charge is 2.31. The van der Waals surface area contributed by atoms with Crippen molar-refractivity contribution in [3.05, 3.63) is 33.1 Å². The van der Waals surface area contributed by atoms with Crippen LogP contribution in [-0.2, 0) is 11.3 Å². The van der Waals surface area contributed by atoms with Crippen molar-refractivity contribution in [2.24, 2.45) is 0 Å². The second-order valence-corrected chi connectivity index (χ2v) is 4.12. The highest BCUT2D eigenvalue weighted by molar-refractivity contribution is 5.76. The molecule has 0 aliphatic heterocycles. The van der Waals surface area contributed by atoms with E-state index in [1.807, 2.05) is 6.92 Å². The maximum Gasteiger partial charge on any atom is 0.328 e. The van der Waals surface area contributed by atoms with Crippen molar-refractivity contribution >= 4 is 5.91 Å². The lowest BCUT2D eigenvalue weighted by Gasteiger charge is -2.20. The molecule has 0 bridgehead atoms. The van der Waals surface area contributed by atoms with Gasteiger partial charge in [0, 0.05) is 24.8 Å². The highest BCUT2D eigenvalue weighted by atomic mass is 16.2. The molecule has 1 aromatic rings. The maximum absolute atomic E-state index is 11.9. The molecule has 1 amide bonds. The first-order valence-electron chi connectivity index (χ1n) is 5.71. The molecule has 1 fully saturated rings. The van der Waals surface area contributed by atoms with Crippen LogP contribution in [-0.4, -0.2) is 32.9 Å². The van der Waals surface area contributed by atoms with Crippen molar-refractivity contribution in [2.45, 2.75) is 32.4 Å². The van der Waals surface area contributed by atoms with Gasteiger partial charge in [0.2, 0.25) is 5.91 Å². The van der Waals surface area contributed by atoms with Gasteiger partial charge in [-0.1, -0.05) is 0 Å². The van der Waals surface area contributed by atoms with Gasteiger partial charge in [0.1, 0.15) is 6.54 Å². The largest absolute Gasteiger partial charge is 0.338 e. The summed E-state index contributed by atoms with van der Waals surface area (Å²) in [5.74, 6) is -0.172. The predicted octanol–water partition coefficient (Wildman–Crippen LogP) is -0.452. The minimum absolute atomic E-state index is 0.172. The molecular weight excluding hydrogens is 222 g/mol. The van der Waals surface area contributed by atoms with Crippen LogP contribution in [0.3, 0.4) is 0 Å². The van der Waals surface area contributed by atoms with E-state index in [0.29, 0.717) is 12.6 Å². The van der Waals surface area contributed by atoms with E-state index in [1.54, 1.807) is 4.90 Å². The number of amides is 1. The van der Waals surface area contributed by atoms with Crippen LogP contribution in [0.2, 0.25) is 0 Å². The summed E-state index contributed by atoms with van der Waals surface area (Å²) in [6.07, 6.45) is 3.31. The van der Waals surface area contributed by atoms with E-state index < -0.39 is 11.2 Å². The number of nitrogens with zero attached hydrogens (tertiary/aromatic N) is 2. The first kappa shape index (κ1) is 11.6. The second-order valence-electron chi connectivity index (χ2n) is 4.12. The fourth-order valence-corrected chi connectivity index (χ4v) is 1.85. The van der Waals surface area contributed by atoms with E-state index in [-0.39, 0.29) is 12.5 Å². The number of aromatic amines is 1. The zero-order chi connectivity index (χ0) is 12.4. The fourth-order valence-electron chi connectivity index (χ4n) is 1.85. The molecule has 1 heterocycles. The summed E-state index contributed by atoms with van der Waals surface area (Å²) in [6, 6.07) is 1.54. The van der Waals surface area contributed by atoms with E-state index in [1.165, 1.54) is 12.3 Å². The molecule has 2 rings (SSSR count). The summed E-state index contributed by atoms with van der Waals surface area (Å²) in [6.45, 7) is 2.33. The van der Waals surface area contributed by atoms with Gasteiger partial charge in [0.05, 0.1) is 0 Å². The van der Waals surface area contributed by atoms with Crippen LogP contribution in [0.25, 0.3) is 0 Å². The third-order valence-electron chi connectivity index (χ3n) is 2.89. The van der Waals surface area contributed by atoms with Gasteiger partial charge >= 0.3 is 5.69 Å². The van der Waals surface area contributed by atoms with Gasteiger partial charge in [-0.25, -0.2) is 4.79 Å². The van der Waals surface area contributed by atoms with Gasteiger partial charge in [-0.15, -0.1) is 0 Å². The highest BCUT2D eigenvalue weighted by Crippen LogP contribution is 2.26. The van der Waals surface area contributed by atoms with Gasteiger partial charge < -0.3 is 9.88 Å². The van der Waals surface area contributed by atoms with Crippen molar-refractivity contribution in [3.63, 3.8) is 0 Å². The van der Waals surface area contributed by atoms with Crippen molar-refractivity contribution in [3.8, 4) is 0 Å². The van der Waals surface area contributed by atoms with Crippen molar-refractivity contribution < 1.29 is 4.79 Å². The van der Waals surface area contributed by atoms with Crippen LogP contribution in [0.15, 0.2) is 21.9 Å². The van der Waals surface area contributed by atoms with Crippen molar-refractivity contribution in [1.82, 2.24) is 14.5 Å².